The standard InChI is InChI=1S/C12H25N3O/c1-5-8(2)10(4)15-12(16)11-7-13-9(3)6-14-11/h8-11,13-14H,5-7H2,1-4H3,(H,15,16). The van der Waals surface area contributed by atoms with Crippen molar-refractivity contribution in [3.05, 3.63) is 0 Å². The molecule has 4 atom stereocenters. The Hall–Kier alpha value is -0.610. The largest absolute Gasteiger partial charge is 0.352 e. The Morgan fingerprint density at radius 2 is 2.06 bits per heavy atom. The summed E-state index contributed by atoms with van der Waals surface area (Å²) >= 11 is 0. The summed E-state index contributed by atoms with van der Waals surface area (Å²) in [5, 5.41) is 9.64. The van der Waals surface area contributed by atoms with Gasteiger partial charge in [0.2, 0.25) is 5.91 Å². The van der Waals surface area contributed by atoms with Crippen molar-refractivity contribution in [1.82, 2.24) is 16.0 Å². The molecular weight excluding hydrogens is 202 g/mol. The minimum Gasteiger partial charge on any atom is -0.352 e. The van der Waals surface area contributed by atoms with Gasteiger partial charge in [0, 0.05) is 25.2 Å². The van der Waals surface area contributed by atoms with Crippen LogP contribution in [0, 0.1) is 5.92 Å². The average Bonchev–Trinajstić information content (AvgIpc) is 2.28. The molecule has 4 heteroatoms. The third-order valence-corrected chi connectivity index (χ3v) is 3.52. The van der Waals surface area contributed by atoms with Gasteiger partial charge in [-0.05, 0) is 19.8 Å². The van der Waals surface area contributed by atoms with Crippen molar-refractivity contribution in [3.63, 3.8) is 0 Å². The van der Waals surface area contributed by atoms with Gasteiger partial charge in [0.15, 0.2) is 0 Å². The molecule has 1 fully saturated rings. The number of piperazine rings is 1. The predicted octanol–water partition coefficient (Wildman–Crippen LogP) is 0.487. The molecular formula is C12H25N3O. The maximum atomic E-state index is 11.9. The van der Waals surface area contributed by atoms with Gasteiger partial charge in [-0.3, -0.25) is 4.79 Å². The third-order valence-electron chi connectivity index (χ3n) is 3.52. The molecule has 1 heterocycles. The minimum absolute atomic E-state index is 0.0808. The number of nitrogens with one attached hydrogen (secondary N) is 3. The molecule has 0 aromatic carbocycles. The van der Waals surface area contributed by atoms with Crippen LogP contribution in [0.3, 0.4) is 0 Å². The molecule has 0 aromatic rings. The molecule has 1 aliphatic rings. The van der Waals surface area contributed by atoms with Gasteiger partial charge < -0.3 is 16.0 Å². The van der Waals surface area contributed by atoms with Crippen LogP contribution in [0.1, 0.15) is 34.1 Å². The van der Waals surface area contributed by atoms with Crippen LogP contribution in [0.2, 0.25) is 0 Å². The van der Waals surface area contributed by atoms with Crippen LogP contribution in [0.15, 0.2) is 0 Å². The lowest BCUT2D eigenvalue weighted by Crippen LogP contribution is -2.60. The van der Waals surface area contributed by atoms with Crippen molar-refractivity contribution in [2.45, 2.75) is 52.2 Å². The van der Waals surface area contributed by atoms with Gasteiger partial charge in [-0.25, -0.2) is 0 Å². The molecule has 16 heavy (non-hydrogen) atoms. The summed E-state index contributed by atoms with van der Waals surface area (Å²) in [6.45, 7) is 10.1. The summed E-state index contributed by atoms with van der Waals surface area (Å²) in [5.74, 6) is 0.645. The van der Waals surface area contributed by atoms with Crippen molar-refractivity contribution in [2.75, 3.05) is 13.1 Å². The van der Waals surface area contributed by atoms with Gasteiger partial charge in [-0.2, -0.15) is 0 Å². The van der Waals surface area contributed by atoms with Crippen molar-refractivity contribution < 1.29 is 4.79 Å². The first-order valence-corrected chi connectivity index (χ1v) is 6.31. The summed E-state index contributed by atoms with van der Waals surface area (Å²) in [5.41, 5.74) is 0. The minimum atomic E-state index is -0.0808. The van der Waals surface area contributed by atoms with Crippen molar-refractivity contribution >= 4 is 5.91 Å². The molecule has 4 unspecified atom stereocenters. The zero-order chi connectivity index (χ0) is 12.1. The van der Waals surface area contributed by atoms with Crippen LogP contribution in [0.4, 0.5) is 0 Å². The first kappa shape index (κ1) is 13.5. The Morgan fingerprint density at radius 1 is 1.38 bits per heavy atom. The molecule has 94 valence electrons. The second-order valence-electron chi connectivity index (χ2n) is 4.95. The molecule has 1 rings (SSSR count). The normalized spacial score (nSPS) is 29.5. The van der Waals surface area contributed by atoms with Crippen LogP contribution >= 0.6 is 0 Å². The second kappa shape index (κ2) is 6.21. The van der Waals surface area contributed by atoms with Crippen molar-refractivity contribution in [2.24, 2.45) is 5.92 Å². The smallest absolute Gasteiger partial charge is 0.238 e. The Labute approximate surface area is 98.6 Å². The molecule has 0 bridgehead atoms. The quantitative estimate of drug-likeness (QED) is 0.655. The Kier molecular flexibility index (Phi) is 5.22. The Bertz CT molecular complexity index is 224. The topological polar surface area (TPSA) is 53.2 Å². The first-order valence-electron chi connectivity index (χ1n) is 6.31. The molecule has 4 nitrogen and oxygen atoms in total. The summed E-state index contributed by atoms with van der Waals surface area (Å²) in [6, 6.07) is 0.623. The molecule has 1 aliphatic heterocycles. The number of carbonyl (C=O) groups excluding carboxylic acids is 1. The van der Waals surface area contributed by atoms with Crippen LogP contribution < -0.4 is 16.0 Å². The van der Waals surface area contributed by atoms with Crippen LogP contribution in [-0.2, 0) is 4.79 Å². The van der Waals surface area contributed by atoms with E-state index in [1.807, 2.05) is 0 Å². The van der Waals surface area contributed by atoms with E-state index in [0.717, 1.165) is 19.5 Å². The van der Waals surface area contributed by atoms with Gasteiger partial charge in [0.1, 0.15) is 0 Å². The predicted molar refractivity (Wildman–Crippen MR) is 66.3 cm³/mol. The molecule has 0 radical (unpaired) electrons. The first-order chi connectivity index (χ1) is 7.54. The maximum Gasteiger partial charge on any atom is 0.238 e. The molecule has 0 aromatic heterocycles. The molecule has 0 aliphatic carbocycles. The van der Waals surface area contributed by atoms with E-state index in [1.165, 1.54) is 0 Å². The molecule has 0 saturated carbocycles. The molecule has 1 saturated heterocycles. The summed E-state index contributed by atoms with van der Waals surface area (Å²) in [6.07, 6.45) is 1.09. The number of carbonyl (C=O) groups is 1. The highest BCUT2D eigenvalue weighted by atomic mass is 16.2. The van der Waals surface area contributed by atoms with Crippen molar-refractivity contribution in [1.29, 1.82) is 0 Å². The number of hydrogen-bond donors (Lipinski definition) is 3. The van der Waals surface area contributed by atoms with Gasteiger partial charge in [-0.1, -0.05) is 20.3 Å². The summed E-state index contributed by atoms with van der Waals surface area (Å²) in [4.78, 5) is 11.9. The molecule has 1 amide bonds. The van der Waals surface area contributed by atoms with Crippen LogP contribution in [-0.4, -0.2) is 37.1 Å². The molecule has 3 N–H and O–H groups in total. The van der Waals surface area contributed by atoms with E-state index in [-0.39, 0.29) is 18.0 Å². The second-order valence-corrected chi connectivity index (χ2v) is 4.95. The van der Waals surface area contributed by atoms with Crippen molar-refractivity contribution in [3.8, 4) is 0 Å². The number of amides is 1. The van der Waals surface area contributed by atoms with Gasteiger partial charge in [0.05, 0.1) is 6.04 Å². The van der Waals surface area contributed by atoms with E-state index in [2.05, 4.69) is 43.6 Å². The zero-order valence-electron chi connectivity index (χ0n) is 10.8. The zero-order valence-corrected chi connectivity index (χ0v) is 10.8. The average molecular weight is 227 g/mol. The van der Waals surface area contributed by atoms with E-state index in [4.69, 9.17) is 0 Å². The van der Waals surface area contributed by atoms with Gasteiger partial charge >= 0.3 is 0 Å². The van der Waals surface area contributed by atoms with Crippen LogP contribution in [0.5, 0.6) is 0 Å². The fourth-order valence-corrected chi connectivity index (χ4v) is 1.79. The lowest BCUT2D eigenvalue weighted by molar-refractivity contribution is -0.124. The Balaban J connectivity index is 2.34. The highest BCUT2D eigenvalue weighted by Gasteiger charge is 2.24. The summed E-state index contributed by atoms with van der Waals surface area (Å²) in [7, 11) is 0. The lowest BCUT2D eigenvalue weighted by Gasteiger charge is -2.30. The Morgan fingerprint density at radius 3 is 2.56 bits per heavy atom. The maximum absolute atomic E-state index is 11.9. The van der Waals surface area contributed by atoms with E-state index in [9.17, 15) is 4.79 Å². The van der Waals surface area contributed by atoms with E-state index < -0.39 is 0 Å². The summed E-state index contributed by atoms with van der Waals surface area (Å²) < 4.78 is 0. The molecule has 0 spiro atoms. The SMILES string of the molecule is CCC(C)C(C)NC(=O)C1CNC(C)CN1. The highest BCUT2D eigenvalue weighted by Crippen LogP contribution is 2.07. The number of rotatable bonds is 4. The van der Waals surface area contributed by atoms with E-state index in [0.29, 0.717) is 12.0 Å². The fourth-order valence-electron chi connectivity index (χ4n) is 1.79. The highest BCUT2D eigenvalue weighted by molar-refractivity contribution is 5.82. The van der Waals surface area contributed by atoms with Crippen LogP contribution in [0.25, 0.3) is 0 Å². The third kappa shape index (κ3) is 3.76. The van der Waals surface area contributed by atoms with Gasteiger partial charge in [-0.15, -0.1) is 0 Å². The van der Waals surface area contributed by atoms with E-state index >= 15 is 0 Å². The van der Waals surface area contributed by atoms with E-state index in [1.54, 1.807) is 0 Å². The number of hydrogen-bond acceptors (Lipinski definition) is 3. The monoisotopic (exact) mass is 227 g/mol. The lowest BCUT2D eigenvalue weighted by atomic mass is 10.0. The fraction of sp³-hybridized carbons (Fsp3) is 0.917. The van der Waals surface area contributed by atoms with Gasteiger partial charge in [0.25, 0.3) is 0 Å².